The molecule has 7 nitrogen and oxygen atoms in total. The molecule has 0 radical (unpaired) electrons. The van der Waals surface area contributed by atoms with Crippen molar-refractivity contribution >= 4 is 22.4 Å². The summed E-state index contributed by atoms with van der Waals surface area (Å²) in [6.07, 6.45) is 2.48. The minimum Gasteiger partial charge on any atom is -0.373 e. The molecule has 2 aromatic heterocycles. The second-order valence-electron chi connectivity index (χ2n) is 4.50. The van der Waals surface area contributed by atoms with Gasteiger partial charge in [0.25, 0.3) is 5.91 Å². The van der Waals surface area contributed by atoms with Gasteiger partial charge in [-0.25, -0.2) is 0 Å². The third-order valence-corrected chi connectivity index (χ3v) is 3.92. The predicted molar refractivity (Wildman–Crippen MR) is 76.9 cm³/mol. The molecule has 1 saturated heterocycles. The number of ether oxygens (including phenoxy) is 2. The van der Waals surface area contributed by atoms with Crippen LogP contribution in [0.15, 0.2) is 24.5 Å². The molecule has 21 heavy (non-hydrogen) atoms. The van der Waals surface area contributed by atoms with Crippen molar-refractivity contribution in [2.24, 2.45) is 0 Å². The Kier molecular flexibility index (Phi) is 4.18. The first-order chi connectivity index (χ1) is 10.2. The summed E-state index contributed by atoms with van der Waals surface area (Å²) < 4.78 is 10.8. The number of nitrogens with zero attached hydrogens (tertiary/aromatic N) is 3. The van der Waals surface area contributed by atoms with Crippen molar-refractivity contribution in [1.82, 2.24) is 15.2 Å². The van der Waals surface area contributed by atoms with Crippen LogP contribution in [0.4, 0.5) is 5.13 Å². The maximum absolute atomic E-state index is 12.1. The molecular formula is C13H14N4O3S. The van der Waals surface area contributed by atoms with Crippen LogP contribution < -0.4 is 5.32 Å². The Morgan fingerprint density at radius 3 is 2.81 bits per heavy atom. The molecule has 1 aliphatic rings. The lowest BCUT2D eigenvalue weighted by atomic mass is 10.2. The molecule has 0 unspecified atom stereocenters. The van der Waals surface area contributed by atoms with Gasteiger partial charge in [-0.15, -0.1) is 10.2 Å². The lowest BCUT2D eigenvalue weighted by Gasteiger charge is -2.27. The maximum Gasteiger partial charge on any atom is 0.258 e. The smallest absolute Gasteiger partial charge is 0.258 e. The number of aromatic nitrogens is 3. The molecule has 0 aromatic carbocycles. The van der Waals surface area contributed by atoms with Gasteiger partial charge < -0.3 is 9.47 Å². The molecule has 2 atom stereocenters. The molecule has 0 aliphatic carbocycles. The van der Waals surface area contributed by atoms with Crippen molar-refractivity contribution in [3.8, 4) is 10.6 Å². The van der Waals surface area contributed by atoms with Gasteiger partial charge >= 0.3 is 0 Å². The molecule has 3 heterocycles. The molecule has 1 N–H and O–H groups in total. The summed E-state index contributed by atoms with van der Waals surface area (Å²) >= 11 is 1.30. The van der Waals surface area contributed by atoms with E-state index in [4.69, 9.17) is 9.47 Å². The molecule has 0 saturated carbocycles. The summed E-state index contributed by atoms with van der Waals surface area (Å²) in [6, 6.07) is 3.68. The van der Waals surface area contributed by atoms with Crippen molar-refractivity contribution < 1.29 is 14.3 Å². The topological polar surface area (TPSA) is 86.2 Å². The van der Waals surface area contributed by atoms with E-state index in [1.807, 2.05) is 19.1 Å². The number of carbonyl (C=O) groups excluding carboxylic acids is 1. The van der Waals surface area contributed by atoms with E-state index >= 15 is 0 Å². The van der Waals surface area contributed by atoms with Gasteiger partial charge in [0, 0.05) is 18.0 Å². The number of hydrogen-bond donors (Lipinski definition) is 1. The fourth-order valence-electron chi connectivity index (χ4n) is 1.98. The Bertz CT molecular complexity index is 619. The van der Waals surface area contributed by atoms with Crippen LogP contribution in [-0.4, -0.2) is 46.5 Å². The zero-order valence-corrected chi connectivity index (χ0v) is 12.2. The van der Waals surface area contributed by atoms with Crippen LogP contribution in [0.3, 0.4) is 0 Å². The first-order valence-corrected chi connectivity index (χ1v) is 7.33. The number of hydrogen-bond acceptors (Lipinski definition) is 7. The predicted octanol–water partition coefficient (Wildman–Crippen LogP) is 1.34. The van der Waals surface area contributed by atoms with Gasteiger partial charge in [-0.2, -0.15) is 0 Å². The van der Waals surface area contributed by atoms with E-state index in [2.05, 4.69) is 20.5 Å². The number of pyridine rings is 1. The van der Waals surface area contributed by atoms with Crippen LogP contribution in [0.1, 0.15) is 6.92 Å². The van der Waals surface area contributed by atoms with Crippen LogP contribution in [0, 0.1) is 0 Å². The van der Waals surface area contributed by atoms with Crippen molar-refractivity contribution in [2.45, 2.75) is 19.1 Å². The fraction of sp³-hybridized carbons (Fsp3) is 0.385. The van der Waals surface area contributed by atoms with Gasteiger partial charge in [0.1, 0.15) is 5.01 Å². The monoisotopic (exact) mass is 306 g/mol. The molecule has 0 bridgehead atoms. The summed E-state index contributed by atoms with van der Waals surface area (Å²) in [5.41, 5.74) is 0.911. The molecule has 0 spiro atoms. The molecular weight excluding hydrogens is 292 g/mol. The second kappa shape index (κ2) is 6.25. The van der Waals surface area contributed by atoms with Crippen molar-refractivity contribution in [3.05, 3.63) is 24.5 Å². The van der Waals surface area contributed by atoms with Gasteiger partial charge in [0.2, 0.25) is 5.13 Å². The molecule has 2 aromatic rings. The normalized spacial score (nSPS) is 22.0. The zero-order chi connectivity index (χ0) is 14.7. The minimum atomic E-state index is -0.618. The summed E-state index contributed by atoms with van der Waals surface area (Å²) in [5.74, 6) is -0.264. The first-order valence-electron chi connectivity index (χ1n) is 6.52. The number of carbonyl (C=O) groups is 1. The number of anilines is 1. The van der Waals surface area contributed by atoms with E-state index < -0.39 is 6.10 Å². The maximum atomic E-state index is 12.1. The average molecular weight is 306 g/mol. The van der Waals surface area contributed by atoms with Crippen LogP contribution in [-0.2, 0) is 14.3 Å². The lowest BCUT2D eigenvalue weighted by molar-refractivity contribution is -0.157. The summed E-state index contributed by atoms with van der Waals surface area (Å²) in [6.45, 7) is 2.74. The van der Waals surface area contributed by atoms with Crippen molar-refractivity contribution in [1.29, 1.82) is 0 Å². The summed E-state index contributed by atoms with van der Waals surface area (Å²) in [4.78, 5) is 16.1. The Morgan fingerprint density at radius 1 is 1.29 bits per heavy atom. The molecule has 110 valence electrons. The highest BCUT2D eigenvalue weighted by Crippen LogP contribution is 2.26. The molecule has 1 fully saturated rings. The molecule has 1 aliphatic heterocycles. The van der Waals surface area contributed by atoms with Gasteiger partial charge in [0.15, 0.2) is 6.10 Å². The average Bonchev–Trinajstić information content (AvgIpc) is 2.97. The third kappa shape index (κ3) is 3.23. The number of amides is 1. The molecule has 8 heteroatoms. The van der Waals surface area contributed by atoms with E-state index in [9.17, 15) is 4.79 Å². The fourth-order valence-corrected chi connectivity index (χ4v) is 2.73. The highest BCUT2D eigenvalue weighted by atomic mass is 32.1. The van der Waals surface area contributed by atoms with E-state index in [0.717, 1.165) is 10.6 Å². The first kappa shape index (κ1) is 14.1. The van der Waals surface area contributed by atoms with Gasteiger partial charge in [-0.3, -0.25) is 15.1 Å². The Hall–Kier alpha value is -1.90. The van der Waals surface area contributed by atoms with Crippen molar-refractivity contribution in [2.75, 3.05) is 18.5 Å². The van der Waals surface area contributed by atoms with Crippen LogP contribution in [0.2, 0.25) is 0 Å². The quantitative estimate of drug-likeness (QED) is 0.921. The molecule has 1 amide bonds. The van der Waals surface area contributed by atoms with E-state index in [0.29, 0.717) is 18.3 Å². The minimum absolute atomic E-state index is 0.264. The zero-order valence-electron chi connectivity index (χ0n) is 11.4. The van der Waals surface area contributed by atoms with Crippen LogP contribution in [0.25, 0.3) is 10.6 Å². The SMILES string of the molecule is C[C@@H]1OCCO[C@@H]1C(=O)Nc1nnc(-c2ccncc2)s1. The van der Waals surface area contributed by atoms with Gasteiger partial charge in [-0.05, 0) is 19.1 Å². The number of rotatable bonds is 3. The Balaban J connectivity index is 1.68. The largest absolute Gasteiger partial charge is 0.373 e. The second-order valence-corrected chi connectivity index (χ2v) is 5.48. The van der Waals surface area contributed by atoms with Gasteiger partial charge in [0.05, 0.1) is 19.3 Å². The van der Waals surface area contributed by atoms with Crippen LogP contribution >= 0.6 is 11.3 Å². The highest BCUT2D eigenvalue weighted by Gasteiger charge is 2.30. The van der Waals surface area contributed by atoms with Crippen LogP contribution in [0.5, 0.6) is 0 Å². The highest BCUT2D eigenvalue weighted by molar-refractivity contribution is 7.18. The number of nitrogens with one attached hydrogen (secondary N) is 1. The van der Waals surface area contributed by atoms with E-state index in [-0.39, 0.29) is 12.0 Å². The van der Waals surface area contributed by atoms with E-state index in [1.54, 1.807) is 12.4 Å². The van der Waals surface area contributed by atoms with Gasteiger partial charge in [-0.1, -0.05) is 11.3 Å². The lowest BCUT2D eigenvalue weighted by Crippen LogP contribution is -2.44. The standard InChI is InChI=1S/C13H14N4O3S/c1-8-10(20-7-6-19-8)11(18)15-13-17-16-12(21-13)9-2-4-14-5-3-9/h2-5,8,10H,6-7H2,1H3,(H,15,17,18)/t8-,10-/m0/s1. The summed E-state index contributed by atoms with van der Waals surface area (Å²) in [5, 5.41) is 11.9. The Morgan fingerprint density at radius 2 is 2.05 bits per heavy atom. The van der Waals surface area contributed by atoms with Crippen molar-refractivity contribution in [3.63, 3.8) is 0 Å². The third-order valence-electron chi connectivity index (χ3n) is 3.03. The Labute approximate surface area is 125 Å². The molecule has 3 rings (SSSR count). The van der Waals surface area contributed by atoms with E-state index in [1.165, 1.54) is 11.3 Å². The summed E-state index contributed by atoms with van der Waals surface area (Å²) in [7, 11) is 0.